The molecule has 1 aliphatic heterocycles. The molecule has 1 aliphatic rings. The molecule has 0 spiro atoms. The first-order chi connectivity index (χ1) is 11.1. The molecule has 0 radical (unpaired) electrons. The summed E-state index contributed by atoms with van der Waals surface area (Å²) < 4.78 is 24.2. The highest BCUT2D eigenvalue weighted by Gasteiger charge is 2.31. The Hall–Kier alpha value is -2.41. The van der Waals surface area contributed by atoms with Crippen LogP contribution < -0.4 is 10.1 Å². The van der Waals surface area contributed by atoms with Crippen LogP contribution in [0.15, 0.2) is 30.9 Å². The Bertz CT molecular complexity index is 606. The molecule has 1 N–H and O–H groups in total. The van der Waals surface area contributed by atoms with Gasteiger partial charge in [-0.2, -0.15) is 0 Å². The van der Waals surface area contributed by atoms with E-state index in [-0.39, 0.29) is 24.6 Å². The van der Waals surface area contributed by atoms with Crippen LogP contribution in [0.5, 0.6) is 5.75 Å². The Balaban J connectivity index is 2.06. The van der Waals surface area contributed by atoms with Crippen LogP contribution >= 0.6 is 0 Å². The summed E-state index contributed by atoms with van der Waals surface area (Å²) >= 11 is 0. The van der Waals surface area contributed by atoms with Crippen LogP contribution in [0.3, 0.4) is 0 Å². The Labute approximate surface area is 133 Å². The van der Waals surface area contributed by atoms with Crippen LogP contribution in [0, 0.1) is 5.82 Å². The molecule has 0 unspecified atom stereocenters. The van der Waals surface area contributed by atoms with Gasteiger partial charge >= 0.3 is 0 Å². The lowest BCUT2D eigenvalue weighted by Crippen LogP contribution is -2.55. The Morgan fingerprint density at radius 2 is 2.35 bits per heavy atom. The highest BCUT2D eigenvalue weighted by Crippen LogP contribution is 2.21. The molecule has 124 valence electrons. The van der Waals surface area contributed by atoms with Gasteiger partial charge in [0.05, 0.1) is 20.3 Å². The van der Waals surface area contributed by atoms with Crippen molar-refractivity contribution in [1.29, 1.82) is 0 Å². The predicted molar refractivity (Wildman–Crippen MR) is 81.3 cm³/mol. The molecule has 1 atom stereocenters. The van der Waals surface area contributed by atoms with E-state index in [0.717, 1.165) is 6.08 Å². The van der Waals surface area contributed by atoms with Crippen LogP contribution in [-0.4, -0.2) is 49.6 Å². The number of carbonyl (C=O) groups excluding carboxylic acids is 2. The first-order valence-electron chi connectivity index (χ1n) is 7.18. The van der Waals surface area contributed by atoms with Gasteiger partial charge < -0.3 is 19.7 Å². The van der Waals surface area contributed by atoms with Crippen LogP contribution in [0.25, 0.3) is 0 Å². The zero-order chi connectivity index (χ0) is 16.8. The molecule has 6 nitrogen and oxygen atoms in total. The summed E-state index contributed by atoms with van der Waals surface area (Å²) in [5.41, 5.74) is 0.252. The smallest absolute Gasteiger partial charge is 0.246 e. The normalized spacial score (nSPS) is 17.5. The number of hydrogen-bond acceptors (Lipinski definition) is 4. The number of morpholine rings is 1. The molecule has 0 saturated carbocycles. The van der Waals surface area contributed by atoms with Crippen molar-refractivity contribution in [2.24, 2.45) is 0 Å². The number of amides is 2. The van der Waals surface area contributed by atoms with Gasteiger partial charge in [-0.3, -0.25) is 9.59 Å². The maximum Gasteiger partial charge on any atom is 0.246 e. The van der Waals surface area contributed by atoms with Crippen molar-refractivity contribution < 1.29 is 23.5 Å². The molecule has 2 rings (SSSR count). The molecule has 0 aromatic heterocycles. The number of hydrogen-bond donors (Lipinski definition) is 1. The molecule has 23 heavy (non-hydrogen) atoms. The topological polar surface area (TPSA) is 67.9 Å². The monoisotopic (exact) mass is 322 g/mol. The average Bonchev–Trinajstić information content (AvgIpc) is 2.59. The van der Waals surface area contributed by atoms with E-state index in [4.69, 9.17) is 9.47 Å². The van der Waals surface area contributed by atoms with Gasteiger partial charge in [-0.15, -0.1) is 0 Å². The third-order valence-electron chi connectivity index (χ3n) is 3.62. The summed E-state index contributed by atoms with van der Waals surface area (Å²) in [5.74, 6) is -0.866. The second kappa shape index (κ2) is 7.73. The first kappa shape index (κ1) is 17.0. The van der Waals surface area contributed by atoms with Crippen molar-refractivity contribution in [2.45, 2.75) is 12.6 Å². The van der Waals surface area contributed by atoms with E-state index in [1.807, 2.05) is 0 Å². The van der Waals surface area contributed by atoms with Crippen LogP contribution in [0.1, 0.15) is 5.56 Å². The summed E-state index contributed by atoms with van der Waals surface area (Å²) in [5, 5.41) is 2.63. The zero-order valence-electron chi connectivity index (χ0n) is 12.9. The van der Waals surface area contributed by atoms with Gasteiger partial charge in [-0.1, -0.05) is 12.6 Å². The standard InChI is InChI=1S/C16H19FN2O4/c1-3-15(20)19-7-8-23-10-13(19)16(21)18-9-11-12(17)5-4-6-14(11)22-2/h3-6,13H,1,7-10H2,2H3,(H,18,21)/t13-/m0/s1. The number of benzene rings is 1. The molecule has 1 saturated heterocycles. The van der Waals surface area contributed by atoms with Gasteiger partial charge in [0, 0.05) is 18.7 Å². The molecule has 0 aliphatic carbocycles. The van der Waals surface area contributed by atoms with E-state index >= 15 is 0 Å². The fourth-order valence-electron chi connectivity index (χ4n) is 2.40. The number of nitrogens with zero attached hydrogens (tertiary/aromatic N) is 1. The van der Waals surface area contributed by atoms with E-state index in [1.165, 1.54) is 24.1 Å². The maximum absolute atomic E-state index is 13.9. The van der Waals surface area contributed by atoms with Crippen molar-refractivity contribution in [3.63, 3.8) is 0 Å². The first-order valence-corrected chi connectivity index (χ1v) is 7.18. The lowest BCUT2D eigenvalue weighted by Gasteiger charge is -2.33. The molecule has 1 heterocycles. The molecular formula is C16H19FN2O4. The number of nitrogens with one attached hydrogen (secondary N) is 1. The lowest BCUT2D eigenvalue weighted by molar-refractivity contribution is -0.145. The second-order valence-electron chi connectivity index (χ2n) is 4.96. The Kier molecular flexibility index (Phi) is 5.70. The maximum atomic E-state index is 13.9. The Morgan fingerprint density at radius 3 is 3.04 bits per heavy atom. The lowest BCUT2D eigenvalue weighted by atomic mass is 10.1. The third-order valence-corrected chi connectivity index (χ3v) is 3.62. The summed E-state index contributed by atoms with van der Waals surface area (Å²) in [6.45, 7) is 4.16. The zero-order valence-corrected chi connectivity index (χ0v) is 12.9. The molecule has 1 fully saturated rings. The van der Waals surface area contributed by atoms with E-state index in [2.05, 4.69) is 11.9 Å². The van der Waals surface area contributed by atoms with Gasteiger partial charge in [-0.25, -0.2) is 4.39 Å². The fourth-order valence-corrected chi connectivity index (χ4v) is 2.40. The van der Waals surface area contributed by atoms with Crippen molar-refractivity contribution in [1.82, 2.24) is 10.2 Å². The predicted octanol–water partition coefficient (Wildman–Crippen LogP) is 0.864. The average molecular weight is 322 g/mol. The van der Waals surface area contributed by atoms with Gasteiger partial charge in [0.1, 0.15) is 17.6 Å². The van der Waals surface area contributed by atoms with Crippen molar-refractivity contribution in [2.75, 3.05) is 26.9 Å². The van der Waals surface area contributed by atoms with Crippen LogP contribution in [0.4, 0.5) is 4.39 Å². The molecule has 0 bridgehead atoms. The second-order valence-corrected chi connectivity index (χ2v) is 4.96. The van der Waals surface area contributed by atoms with Crippen molar-refractivity contribution in [3.05, 3.63) is 42.2 Å². The summed E-state index contributed by atoms with van der Waals surface area (Å²) in [7, 11) is 1.43. The fraction of sp³-hybridized carbons (Fsp3) is 0.375. The van der Waals surface area contributed by atoms with Gasteiger partial charge in [0.2, 0.25) is 11.8 Å². The number of halogens is 1. The van der Waals surface area contributed by atoms with Crippen LogP contribution in [0.2, 0.25) is 0 Å². The molecule has 1 aromatic carbocycles. The number of methoxy groups -OCH3 is 1. The van der Waals surface area contributed by atoms with Crippen LogP contribution in [-0.2, 0) is 20.9 Å². The molecule has 7 heteroatoms. The quantitative estimate of drug-likeness (QED) is 0.817. The summed E-state index contributed by atoms with van der Waals surface area (Å²) in [4.78, 5) is 25.5. The SMILES string of the molecule is C=CC(=O)N1CCOC[C@H]1C(=O)NCc1c(F)cccc1OC. The highest BCUT2D eigenvalue weighted by molar-refractivity contribution is 5.92. The van der Waals surface area contributed by atoms with E-state index in [0.29, 0.717) is 18.9 Å². The third kappa shape index (κ3) is 3.87. The Morgan fingerprint density at radius 1 is 1.57 bits per heavy atom. The number of rotatable bonds is 5. The van der Waals surface area contributed by atoms with Gasteiger partial charge in [0.25, 0.3) is 0 Å². The largest absolute Gasteiger partial charge is 0.496 e. The molecule has 2 amide bonds. The summed E-state index contributed by atoms with van der Waals surface area (Å²) in [6.07, 6.45) is 1.16. The van der Waals surface area contributed by atoms with Crippen molar-refractivity contribution in [3.8, 4) is 5.75 Å². The highest BCUT2D eigenvalue weighted by atomic mass is 19.1. The summed E-state index contributed by atoms with van der Waals surface area (Å²) in [6, 6.07) is 3.68. The van der Waals surface area contributed by atoms with Gasteiger partial charge in [-0.05, 0) is 18.2 Å². The van der Waals surface area contributed by atoms with Gasteiger partial charge in [0.15, 0.2) is 0 Å². The number of carbonyl (C=O) groups is 2. The number of ether oxygens (including phenoxy) is 2. The minimum Gasteiger partial charge on any atom is -0.496 e. The molecular weight excluding hydrogens is 303 g/mol. The van der Waals surface area contributed by atoms with E-state index < -0.39 is 17.8 Å². The minimum atomic E-state index is -0.757. The van der Waals surface area contributed by atoms with E-state index in [9.17, 15) is 14.0 Å². The van der Waals surface area contributed by atoms with E-state index in [1.54, 1.807) is 6.07 Å². The van der Waals surface area contributed by atoms with Crippen molar-refractivity contribution >= 4 is 11.8 Å². The molecule has 1 aromatic rings. The minimum absolute atomic E-state index is 0.0404.